The molecular formula is C19H28FIN4O. The van der Waals surface area contributed by atoms with Gasteiger partial charge in [0, 0.05) is 32.7 Å². The summed E-state index contributed by atoms with van der Waals surface area (Å²) in [6, 6.07) is 7.37. The van der Waals surface area contributed by atoms with Crippen molar-refractivity contribution in [2.75, 3.05) is 39.9 Å². The van der Waals surface area contributed by atoms with Crippen molar-refractivity contribution < 1.29 is 9.13 Å². The number of rotatable bonds is 5. The van der Waals surface area contributed by atoms with Crippen molar-refractivity contribution in [3.05, 3.63) is 47.8 Å². The van der Waals surface area contributed by atoms with Crippen LogP contribution in [-0.2, 0) is 4.74 Å². The third-order valence-electron chi connectivity index (χ3n) is 4.78. The van der Waals surface area contributed by atoms with E-state index in [1.165, 1.54) is 12.1 Å². The molecule has 1 saturated heterocycles. The maximum absolute atomic E-state index is 13.3. The van der Waals surface area contributed by atoms with E-state index in [1.807, 2.05) is 12.1 Å². The molecule has 1 aromatic rings. The topological polar surface area (TPSA) is 48.9 Å². The van der Waals surface area contributed by atoms with Crippen LogP contribution in [0.25, 0.3) is 0 Å². The molecule has 1 aromatic carbocycles. The first-order chi connectivity index (χ1) is 12.3. The Bertz CT molecular complexity index is 594. The van der Waals surface area contributed by atoms with Crippen LogP contribution in [0.5, 0.6) is 0 Å². The quantitative estimate of drug-likeness (QED) is 0.298. The molecule has 3 rings (SSSR count). The zero-order valence-corrected chi connectivity index (χ0v) is 17.5. The lowest BCUT2D eigenvalue weighted by molar-refractivity contribution is 0.0170. The number of nitrogens with one attached hydrogen (secondary N) is 2. The van der Waals surface area contributed by atoms with Gasteiger partial charge in [-0.05, 0) is 30.5 Å². The Hall–Kier alpha value is -1.19. The first-order valence-electron chi connectivity index (χ1n) is 8.95. The average molecular weight is 474 g/mol. The number of guanidine groups is 1. The third kappa shape index (κ3) is 5.92. The van der Waals surface area contributed by atoms with E-state index >= 15 is 0 Å². The molecule has 1 aliphatic heterocycles. The highest BCUT2D eigenvalue weighted by molar-refractivity contribution is 14.0. The molecule has 1 heterocycles. The second-order valence-corrected chi connectivity index (χ2v) is 6.45. The average Bonchev–Trinajstić information content (AvgIpc) is 3.16. The highest BCUT2D eigenvalue weighted by atomic mass is 127. The van der Waals surface area contributed by atoms with Gasteiger partial charge in [0.1, 0.15) is 5.82 Å². The molecular weight excluding hydrogens is 446 g/mol. The molecule has 0 spiro atoms. The molecule has 2 N–H and O–H groups in total. The Morgan fingerprint density at radius 1 is 1.23 bits per heavy atom. The van der Waals surface area contributed by atoms with Gasteiger partial charge in [-0.15, -0.1) is 24.0 Å². The van der Waals surface area contributed by atoms with Crippen molar-refractivity contribution in [3.8, 4) is 0 Å². The predicted octanol–water partition coefficient (Wildman–Crippen LogP) is 2.70. The van der Waals surface area contributed by atoms with Crippen molar-refractivity contribution >= 4 is 29.9 Å². The lowest BCUT2D eigenvalue weighted by Gasteiger charge is -2.35. The normalized spacial score (nSPS) is 19.8. The number of halogens is 2. The lowest BCUT2D eigenvalue weighted by Crippen LogP contribution is -2.48. The number of benzene rings is 1. The summed E-state index contributed by atoms with van der Waals surface area (Å²) >= 11 is 0. The molecule has 2 aliphatic rings. The lowest BCUT2D eigenvalue weighted by atomic mass is 10.0. The largest absolute Gasteiger partial charge is 0.379 e. The molecule has 0 radical (unpaired) electrons. The predicted molar refractivity (Wildman–Crippen MR) is 114 cm³/mol. The number of nitrogens with zero attached hydrogens (tertiary/aromatic N) is 2. The van der Waals surface area contributed by atoms with Crippen LogP contribution in [-0.4, -0.2) is 56.8 Å². The van der Waals surface area contributed by atoms with Crippen LogP contribution in [0.4, 0.5) is 4.39 Å². The fourth-order valence-electron chi connectivity index (χ4n) is 3.35. The number of morpholine rings is 1. The molecule has 1 atom stereocenters. The molecule has 0 amide bonds. The van der Waals surface area contributed by atoms with Gasteiger partial charge < -0.3 is 15.4 Å². The van der Waals surface area contributed by atoms with Crippen LogP contribution < -0.4 is 10.6 Å². The fourth-order valence-corrected chi connectivity index (χ4v) is 3.35. The monoisotopic (exact) mass is 474 g/mol. The Morgan fingerprint density at radius 3 is 2.50 bits per heavy atom. The summed E-state index contributed by atoms with van der Waals surface area (Å²) in [4.78, 5) is 6.72. The van der Waals surface area contributed by atoms with Gasteiger partial charge in [0.25, 0.3) is 0 Å². The summed E-state index contributed by atoms with van der Waals surface area (Å²) in [7, 11) is 1.79. The van der Waals surface area contributed by atoms with Gasteiger partial charge in [0.15, 0.2) is 5.96 Å². The molecule has 26 heavy (non-hydrogen) atoms. The van der Waals surface area contributed by atoms with E-state index in [1.54, 1.807) is 7.05 Å². The standard InChI is InChI=1S/C19H27FN4O.HI/c1-21-19(23-17-4-2-3-5-17)22-14-18(24-10-12-25-13-11-24)15-6-8-16(20)9-7-15;/h2-3,6-9,17-18H,4-5,10-14H2,1H3,(H2,21,22,23);1H. The molecule has 144 valence electrons. The molecule has 0 saturated carbocycles. The molecule has 5 nitrogen and oxygen atoms in total. The highest BCUT2D eigenvalue weighted by Crippen LogP contribution is 2.21. The summed E-state index contributed by atoms with van der Waals surface area (Å²) in [5.41, 5.74) is 1.11. The van der Waals surface area contributed by atoms with E-state index in [4.69, 9.17) is 4.74 Å². The maximum Gasteiger partial charge on any atom is 0.191 e. The van der Waals surface area contributed by atoms with E-state index in [2.05, 4.69) is 32.7 Å². The molecule has 1 unspecified atom stereocenters. The maximum atomic E-state index is 13.3. The smallest absolute Gasteiger partial charge is 0.191 e. The number of hydrogen-bond donors (Lipinski definition) is 2. The summed E-state index contributed by atoms with van der Waals surface area (Å²) in [5, 5.41) is 6.90. The van der Waals surface area contributed by atoms with Crippen molar-refractivity contribution in [2.45, 2.75) is 24.9 Å². The van der Waals surface area contributed by atoms with Crippen LogP contribution in [0.3, 0.4) is 0 Å². The zero-order valence-electron chi connectivity index (χ0n) is 15.2. The molecule has 0 aromatic heterocycles. The summed E-state index contributed by atoms with van der Waals surface area (Å²) < 4.78 is 18.8. The minimum atomic E-state index is -0.205. The minimum absolute atomic E-state index is 0. The summed E-state index contributed by atoms with van der Waals surface area (Å²) in [5.74, 6) is 0.609. The molecule has 7 heteroatoms. The third-order valence-corrected chi connectivity index (χ3v) is 4.78. The number of ether oxygens (including phenoxy) is 1. The van der Waals surface area contributed by atoms with Crippen LogP contribution in [0.15, 0.2) is 41.4 Å². The second kappa shape index (κ2) is 10.8. The first kappa shape index (κ1) is 21.1. The minimum Gasteiger partial charge on any atom is -0.379 e. The van der Waals surface area contributed by atoms with Gasteiger partial charge in [-0.1, -0.05) is 24.3 Å². The Kier molecular flexibility index (Phi) is 8.80. The van der Waals surface area contributed by atoms with Crippen molar-refractivity contribution in [1.82, 2.24) is 15.5 Å². The van der Waals surface area contributed by atoms with E-state index in [-0.39, 0.29) is 35.8 Å². The summed E-state index contributed by atoms with van der Waals surface area (Å²) in [6.07, 6.45) is 6.46. The second-order valence-electron chi connectivity index (χ2n) is 6.45. The van der Waals surface area contributed by atoms with Crippen LogP contribution >= 0.6 is 24.0 Å². The Morgan fingerprint density at radius 2 is 1.88 bits per heavy atom. The molecule has 0 bridgehead atoms. The van der Waals surface area contributed by atoms with Gasteiger partial charge in [-0.2, -0.15) is 0 Å². The highest BCUT2D eigenvalue weighted by Gasteiger charge is 2.23. The zero-order chi connectivity index (χ0) is 17.5. The van der Waals surface area contributed by atoms with E-state index in [0.29, 0.717) is 12.6 Å². The summed E-state index contributed by atoms with van der Waals surface area (Å²) in [6.45, 7) is 3.94. The van der Waals surface area contributed by atoms with Crippen LogP contribution in [0.2, 0.25) is 0 Å². The number of hydrogen-bond acceptors (Lipinski definition) is 3. The van der Waals surface area contributed by atoms with E-state index in [0.717, 1.165) is 50.7 Å². The van der Waals surface area contributed by atoms with Gasteiger partial charge in [0.05, 0.1) is 19.3 Å². The number of aliphatic imine (C=N–C) groups is 1. The van der Waals surface area contributed by atoms with Crippen LogP contribution in [0, 0.1) is 5.82 Å². The van der Waals surface area contributed by atoms with Gasteiger partial charge in [0.2, 0.25) is 0 Å². The Labute approximate surface area is 172 Å². The van der Waals surface area contributed by atoms with E-state index < -0.39 is 0 Å². The van der Waals surface area contributed by atoms with Crippen molar-refractivity contribution in [2.24, 2.45) is 4.99 Å². The molecule has 1 aliphatic carbocycles. The van der Waals surface area contributed by atoms with Gasteiger partial charge >= 0.3 is 0 Å². The van der Waals surface area contributed by atoms with Crippen molar-refractivity contribution in [1.29, 1.82) is 0 Å². The molecule has 1 fully saturated rings. The van der Waals surface area contributed by atoms with Gasteiger partial charge in [-0.25, -0.2) is 4.39 Å². The first-order valence-corrected chi connectivity index (χ1v) is 8.95. The fraction of sp³-hybridized carbons (Fsp3) is 0.526. The van der Waals surface area contributed by atoms with E-state index in [9.17, 15) is 4.39 Å². The SMILES string of the molecule is CN=C(NCC(c1ccc(F)cc1)N1CCOCC1)NC1CC=CC1.I. The Balaban J connectivity index is 0.00000243. The van der Waals surface area contributed by atoms with Gasteiger partial charge in [-0.3, -0.25) is 9.89 Å². The van der Waals surface area contributed by atoms with Crippen molar-refractivity contribution in [3.63, 3.8) is 0 Å². The van der Waals surface area contributed by atoms with Crippen LogP contribution in [0.1, 0.15) is 24.4 Å².